The molecule has 1 amide bonds. The van der Waals surface area contributed by atoms with E-state index >= 15 is 0 Å². The number of amides is 1. The molecular weight excluding hydrogens is 238 g/mol. The number of nitrogens with zero attached hydrogens (tertiary/aromatic N) is 2. The zero-order valence-corrected chi connectivity index (χ0v) is 9.94. The van der Waals surface area contributed by atoms with Gasteiger partial charge in [0, 0.05) is 12.7 Å². The van der Waals surface area contributed by atoms with Crippen molar-refractivity contribution in [1.82, 2.24) is 10.3 Å². The molecule has 2 rings (SSSR count). The van der Waals surface area contributed by atoms with E-state index in [1.807, 2.05) is 6.07 Å². The quantitative estimate of drug-likeness (QED) is 0.826. The second kappa shape index (κ2) is 5.15. The van der Waals surface area contributed by atoms with E-state index in [1.54, 1.807) is 6.07 Å². The molecule has 0 aliphatic heterocycles. The Morgan fingerprint density at radius 3 is 2.94 bits per heavy atom. The van der Waals surface area contributed by atoms with E-state index in [2.05, 4.69) is 10.3 Å². The smallest absolute Gasteiger partial charge is 0.269 e. The van der Waals surface area contributed by atoms with Gasteiger partial charge in [-0.1, -0.05) is 0 Å². The predicted octanol–water partition coefficient (Wildman–Crippen LogP) is 1.70. The molecule has 4 nitrogen and oxygen atoms in total. The Morgan fingerprint density at radius 1 is 1.65 bits per heavy atom. The Morgan fingerprint density at radius 2 is 2.41 bits per heavy atom. The lowest BCUT2D eigenvalue weighted by molar-refractivity contribution is 0.0948. The molecule has 1 aromatic rings. The molecule has 17 heavy (non-hydrogen) atoms. The summed E-state index contributed by atoms with van der Waals surface area (Å²) in [6.07, 6.45) is 3.69. The van der Waals surface area contributed by atoms with Crippen LogP contribution in [0, 0.1) is 17.2 Å². The van der Waals surface area contributed by atoms with Crippen molar-refractivity contribution in [3.63, 3.8) is 0 Å². The highest BCUT2D eigenvalue weighted by molar-refractivity contribution is 6.21. The average Bonchev–Trinajstić information content (AvgIpc) is 3.20. The first-order chi connectivity index (χ1) is 8.20. The molecule has 88 valence electrons. The van der Waals surface area contributed by atoms with E-state index in [9.17, 15) is 4.79 Å². The molecule has 1 aliphatic rings. The summed E-state index contributed by atoms with van der Waals surface area (Å²) in [4.78, 5) is 15.6. The van der Waals surface area contributed by atoms with Gasteiger partial charge in [0.1, 0.15) is 11.8 Å². The number of hydrogen-bond donors (Lipinski definition) is 1. The standard InChI is InChI=1S/C12H12ClN3O/c13-10(9-2-3-9)7-16-12(17)11-4-1-8(5-14)6-15-11/h1,4,6,9-10H,2-3,7H2,(H,16,17). The Kier molecular flexibility index (Phi) is 3.60. The van der Waals surface area contributed by atoms with Gasteiger partial charge in [-0.25, -0.2) is 4.98 Å². The van der Waals surface area contributed by atoms with Crippen LogP contribution in [0.15, 0.2) is 18.3 Å². The summed E-state index contributed by atoms with van der Waals surface area (Å²) in [5.74, 6) is 0.298. The number of nitrogens with one attached hydrogen (secondary N) is 1. The van der Waals surface area contributed by atoms with Gasteiger partial charge in [-0.3, -0.25) is 4.79 Å². The second-order valence-corrected chi connectivity index (χ2v) is 4.67. The number of hydrogen-bond acceptors (Lipinski definition) is 3. The van der Waals surface area contributed by atoms with Gasteiger partial charge < -0.3 is 5.32 Å². The summed E-state index contributed by atoms with van der Waals surface area (Å²) >= 11 is 6.08. The third kappa shape index (κ3) is 3.18. The Labute approximate surface area is 105 Å². The zero-order chi connectivity index (χ0) is 12.3. The van der Waals surface area contributed by atoms with Crippen LogP contribution in [0.4, 0.5) is 0 Å². The van der Waals surface area contributed by atoms with Crippen molar-refractivity contribution in [2.75, 3.05) is 6.54 Å². The van der Waals surface area contributed by atoms with Crippen molar-refractivity contribution in [2.24, 2.45) is 5.92 Å². The van der Waals surface area contributed by atoms with Gasteiger partial charge in [-0.05, 0) is 30.9 Å². The monoisotopic (exact) mass is 249 g/mol. The van der Waals surface area contributed by atoms with Crippen molar-refractivity contribution in [3.8, 4) is 6.07 Å². The van der Waals surface area contributed by atoms with Gasteiger partial charge in [0.05, 0.1) is 10.9 Å². The first-order valence-corrected chi connectivity index (χ1v) is 5.93. The fourth-order valence-electron chi connectivity index (χ4n) is 1.50. The van der Waals surface area contributed by atoms with Crippen molar-refractivity contribution in [2.45, 2.75) is 18.2 Å². The van der Waals surface area contributed by atoms with Crippen molar-refractivity contribution in [1.29, 1.82) is 5.26 Å². The number of nitriles is 1. The second-order valence-electron chi connectivity index (χ2n) is 4.11. The van der Waals surface area contributed by atoms with Gasteiger partial charge in [-0.2, -0.15) is 5.26 Å². The first kappa shape index (κ1) is 11.9. The fraction of sp³-hybridized carbons (Fsp3) is 0.417. The SMILES string of the molecule is N#Cc1ccc(C(=O)NCC(Cl)C2CC2)nc1. The number of aromatic nitrogens is 1. The van der Waals surface area contributed by atoms with Crippen LogP contribution in [0.2, 0.25) is 0 Å². The predicted molar refractivity (Wildman–Crippen MR) is 63.7 cm³/mol. The third-order valence-corrected chi connectivity index (χ3v) is 3.23. The highest BCUT2D eigenvalue weighted by Crippen LogP contribution is 2.35. The summed E-state index contributed by atoms with van der Waals surface area (Å²) < 4.78 is 0. The third-order valence-electron chi connectivity index (χ3n) is 2.72. The average molecular weight is 250 g/mol. The van der Waals surface area contributed by atoms with E-state index in [-0.39, 0.29) is 11.3 Å². The normalized spacial score (nSPS) is 16.0. The largest absolute Gasteiger partial charge is 0.349 e. The van der Waals surface area contributed by atoms with Crippen LogP contribution >= 0.6 is 11.6 Å². The summed E-state index contributed by atoms with van der Waals surface area (Å²) in [5.41, 5.74) is 0.749. The topological polar surface area (TPSA) is 65.8 Å². The van der Waals surface area contributed by atoms with Crippen LogP contribution in [0.25, 0.3) is 0 Å². The summed E-state index contributed by atoms with van der Waals surface area (Å²) in [7, 11) is 0. The summed E-state index contributed by atoms with van der Waals surface area (Å²) in [5, 5.41) is 11.4. The minimum Gasteiger partial charge on any atom is -0.349 e. The number of alkyl halides is 1. The van der Waals surface area contributed by atoms with Gasteiger partial charge in [-0.15, -0.1) is 11.6 Å². The Hall–Kier alpha value is -1.60. The van der Waals surface area contributed by atoms with Gasteiger partial charge in [0.15, 0.2) is 0 Å². The molecule has 0 saturated heterocycles. The summed E-state index contributed by atoms with van der Waals surface area (Å²) in [6, 6.07) is 5.06. The Balaban J connectivity index is 1.88. The van der Waals surface area contributed by atoms with Crippen molar-refractivity contribution < 1.29 is 4.79 Å². The number of pyridine rings is 1. The van der Waals surface area contributed by atoms with E-state index < -0.39 is 0 Å². The minimum absolute atomic E-state index is 0.0114. The molecule has 5 heteroatoms. The molecule has 1 aliphatic carbocycles. The number of halogens is 1. The van der Waals surface area contributed by atoms with E-state index in [4.69, 9.17) is 16.9 Å². The number of carbonyl (C=O) groups is 1. The van der Waals surface area contributed by atoms with Crippen LogP contribution in [0.5, 0.6) is 0 Å². The van der Waals surface area contributed by atoms with E-state index in [0.717, 1.165) is 12.8 Å². The highest BCUT2D eigenvalue weighted by atomic mass is 35.5. The molecule has 1 unspecified atom stereocenters. The van der Waals surface area contributed by atoms with Gasteiger partial charge in [0.25, 0.3) is 5.91 Å². The molecule has 1 aromatic heterocycles. The molecule has 0 bridgehead atoms. The maximum atomic E-state index is 11.7. The highest BCUT2D eigenvalue weighted by Gasteiger charge is 2.29. The molecule has 1 atom stereocenters. The summed E-state index contributed by atoms with van der Waals surface area (Å²) in [6.45, 7) is 0.465. The molecule has 0 radical (unpaired) electrons. The molecular formula is C12H12ClN3O. The first-order valence-electron chi connectivity index (χ1n) is 5.49. The maximum Gasteiger partial charge on any atom is 0.269 e. The number of rotatable bonds is 4. The molecule has 1 fully saturated rings. The minimum atomic E-state index is -0.249. The lowest BCUT2D eigenvalue weighted by atomic mass is 10.2. The lowest BCUT2D eigenvalue weighted by Crippen LogP contribution is -2.31. The van der Waals surface area contributed by atoms with Crippen molar-refractivity contribution >= 4 is 17.5 Å². The van der Waals surface area contributed by atoms with Crippen LogP contribution in [-0.4, -0.2) is 22.8 Å². The van der Waals surface area contributed by atoms with Gasteiger partial charge in [0.2, 0.25) is 0 Å². The van der Waals surface area contributed by atoms with Crippen LogP contribution in [0.3, 0.4) is 0 Å². The van der Waals surface area contributed by atoms with E-state index in [1.165, 1.54) is 12.3 Å². The molecule has 1 heterocycles. The molecule has 1 N–H and O–H groups in total. The van der Waals surface area contributed by atoms with Gasteiger partial charge >= 0.3 is 0 Å². The van der Waals surface area contributed by atoms with E-state index in [0.29, 0.717) is 23.7 Å². The fourth-order valence-corrected chi connectivity index (χ4v) is 1.83. The maximum absolute atomic E-state index is 11.7. The van der Waals surface area contributed by atoms with Crippen LogP contribution in [0.1, 0.15) is 28.9 Å². The Bertz CT molecular complexity index is 448. The van der Waals surface area contributed by atoms with Crippen molar-refractivity contribution in [3.05, 3.63) is 29.6 Å². The van der Waals surface area contributed by atoms with Crippen LogP contribution in [-0.2, 0) is 0 Å². The van der Waals surface area contributed by atoms with Crippen LogP contribution < -0.4 is 5.32 Å². The number of carbonyl (C=O) groups excluding carboxylic acids is 1. The molecule has 1 saturated carbocycles. The zero-order valence-electron chi connectivity index (χ0n) is 9.19. The molecule has 0 spiro atoms. The molecule has 0 aromatic carbocycles. The lowest BCUT2D eigenvalue weighted by Gasteiger charge is -2.09.